The van der Waals surface area contributed by atoms with Crippen LogP contribution in [0.15, 0.2) is 71.8 Å². The zero-order valence-electron chi connectivity index (χ0n) is 19.9. The van der Waals surface area contributed by atoms with Crippen LogP contribution in [0.25, 0.3) is 0 Å². The van der Waals surface area contributed by atoms with Crippen molar-refractivity contribution in [1.29, 1.82) is 0 Å². The number of hydrogen-bond acceptors (Lipinski definition) is 7. The van der Waals surface area contributed by atoms with E-state index in [0.717, 1.165) is 18.6 Å². The van der Waals surface area contributed by atoms with Gasteiger partial charge in [-0.3, -0.25) is 4.79 Å². The lowest BCUT2D eigenvalue weighted by Crippen LogP contribution is -2.17. The van der Waals surface area contributed by atoms with E-state index in [1.807, 2.05) is 0 Å². The number of benzene rings is 3. The van der Waals surface area contributed by atoms with Crippen LogP contribution in [0.4, 0.5) is 0 Å². The van der Waals surface area contributed by atoms with Crippen molar-refractivity contribution < 1.29 is 28.5 Å². The minimum absolute atomic E-state index is 0.377. The van der Waals surface area contributed by atoms with Crippen molar-refractivity contribution in [3.63, 3.8) is 0 Å². The molecule has 0 aliphatic carbocycles. The summed E-state index contributed by atoms with van der Waals surface area (Å²) in [6.07, 6.45) is 3.53. The number of amides is 1. The minimum Gasteiger partial charge on any atom is -0.494 e. The number of nitrogens with one attached hydrogen (secondary N) is 1. The second kappa shape index (κ2) is 12.8. The van der Waals surface area contributed by atoms with Gasteiger partial charge in [0.1, 0.15) is 11.5 Å². The van der Waals surface area contributed by atoms with Gasteiger partial charge in [0.15, 0.2) is 11.5 Å². The van der Waals surface area contributed by atoms with Gasteiger partial charge in [-0.15, -0.1) is 0 Å². The number of ether oxygens (including phenoxy) is 4. The Kier molecular flexibility index (Phi) is 9.24. The summed E-state index contributed by atoms with van der Waals surface area (Å²) in [5, 5.41) is 3.97. The standard InChI is InChI=1S/C27H28N2O6/c1-4-5-16-34-22-13-8-20(9-14-22)27(31)35-23-11-6-19(7-12-23)18-28-29-26(30)21-10-15-24(32-2)25(17-21)33-3/h6-15,17-18H,4-5,16H2,1-3H3,(H,29,30)/b28-18+. The summed E-state index contributed by atoms with van der Waals surface area (Å²) in [7, 11) is 3.02. The summed E-state index contributed by atoms with van der Waals surface area (Å²) in [5.41, 5.74) is 3.98. The molecular weight excluding hydrogens is 448 g/mol. The molecule has 1 amide bonds. The lowest BCUT2D eigenvalue weighted by molar-refractivity contribution is 0.0734. The van der Waals surface area contributed by atoms with E-state index in [2.05, 4.69) is 17.5 Å². The molecule has 3 aromatic carbocycles. The first-order chi connectivity index (χ1) is 17.0. The van der Waals surface area contributed by atoms with E-state index in [0.29, 0.717) is 40.5 Å². The third-order valence-electron chi connectivity index (χ3n) is 4.97. The summed E-state index contributed by atoms with van der Waals surface area (Å²) in [4.78, 5) is 24.7. The van der Waals surface area contributed by atoms with E-state index >= 15 is 0 Å². The highest BCUT2D eigenvalue weighted by Crippen LogP contribution is 2.27. The van der Waals surface area contributed by atoms with Crippen molar-refractivity contribution in [3.8, 4) is 23.0 Å². The first-order valence-electron chi connectivity index (χ1n) is 11.1. The monoisotopic (exact) mass is 476 g/mol. The Hall–Kier alpha value is -4.33. The zero-order chi connectivity index (χ0) is 25.0. The normalized spacial score (nSPS) is 10.6. The fourth-order valence-electron chi connectivity index (χ4n) is 3.02. The second-order valence-corrected chi connectivity index (χ2v) is 7.45. The lowest BCUT2D eigenvalue weighted by atomic mass is 10.2. The van der Waals surface area contributed by atoms with Crippen molar-refractivity contribution in [2.75, 3.05) is 20.8 Å². The number of hydrazone groups is 1. The van der Waals surface area contributed by atoms with E-state index in [4.69, 9.17) is 18.9 Å². The van der Waals surface area contributed by atoms with Crippen molar-refractivity contribution >= 4 is 18.1 Å². The molecule has 182 valence electrons. The molecule has 0 radical (unpaired) electrons. The van der Waals surface area contributed by atoms with Gasteiger partial charge in [0.2, 0.25) is 0 Å². The fraction of sp³-hybridized carbons (Fsp3) is 0.222. The summed E-state index contributed by atoms with van der Waals surface area (Å²) in [6, 6.07) is 18.4. The number of carbonyl (C=O) groups is 2. The van der Waals surface area contributed by atoms with E-state index in [-0.39, 0.29) is 0 Å². The highest BCUT2D eigenvalue weighted by atomic mass is 16.5. The topological polar surface area (TPSA) is 95.5 Å². The number of hydrogen-bond donors (Lipinski definition) is 1. The SMILES string of the molecule is CCCCOc1ccc(C(=O)Oc2ccc(/C=N/NC(=O)c3ccc(OC)c(OC)c3)cc2)cc1. The molecule has 8 heteroatoms. The predicted octanol–water partition coefficient (Wildman–Crippen LogP) is 4.87. The summed E-state index contributed by atoms with van der Waals surface area (Å²) in [6.45, 7) is 2.75. The van der Waals surface area contributed by atoms with Gasteiger partial charge in [0.25, 0.3) is 5.91 Å². The smallest absolute Gasteiger partial charge is 0.343 e. The molecule has 35 heavy (non-hydrogen) atoms. The van der Waals surface area contributed by atoms with Gasteiger partial charge in [0.05, 0.1) is 32.6 Å². The number of rotatable bonds is 11. The first kappa shape index (κ1) is 25.3. The number of carbonyl (C=O) groups excluding carboxylic acids is 2. The van der Waals surface area contributed by atoms with Crippen LogP contribution in [-0.4, -0.2) is 38.9 Å². The quantitative estimate of drug-likeness (QED) is 0.140. The molecular formula is C27H28N2O6. The Morgan fingerprint density at radius 2 is 1.51 bits per heavy atom. The van der Waals surface area contributed by atoms with Crippen molar-refractivity contribution in [3.05, 3.63) is 83.4 Å². The molecule has 0 atom stereocenters. The average Bonchev–Trinajstić information content (AvgIpc) is 2.89. The van der Waals surface area contributed by atoms with Crippen LogP contribution in [0.2, 0.25) is 0 Å². The minimum atomic E-state index is -0.464. The molecule has 0 fully saturated rings. The first-order valence-corrected chi connectivity index (χ1v) is 11.1. The Bertz CT molecular complexity index is 1160. The molecule has 0 bridgehead atoms. The van der Waals surface area contributed by atoms with Crippen LogP contribution in [0.3, 0.4) is 0 Å². The highest BCUT2D eigenvalue weighted by Gasteiger charge is 2.11. The molecule has 0 aromatic heterocycles. The molecule has 8 nitrogen and oxygen atoms in total. The van der Waals surface area contributed by atoms with Crippen LogP contribution in [0.1, 0.15) is 46.0 Å². The number of methoxy groups -OCH3 is 2. The predicted molar refractivity (Wildman–Crippen MR) is 133 cm³/mol. The van der Waals surface area contributed by atoms with Gasteiger partial charge < -0.3 is 18.9 Å². The second-order valence-electron chi connectivity index (χ2n) is 7.45. The van der Waals surface area contributed by atoms with Crippen molar-refractivity contribution in [1.82, 2.24) is 5.43 Å². The van der Waals surface area contributed by atoms with Crippen molar-refractivity contribution in [2.45, 2.75) is 19.8 Å². The van der Waals surface area contributed by atoms with Crippen LogP contribution in [-0.2, 0) is 0 Å². The number of unbranched alkanes of at least 4 members (excludes halogenated alkanes) is 1. The third-order valence-corrected chi connectivity index (χ3v) is 4.97. The van der Waals surface area contributed by atoms with E-state index in [9.17, 15) is 9.59 Å². The molecule has 0 unspecified atom stereocenters. The van der Waals surface area contributed by atoms with Gasteiger partial charge in [-0.25, -0.2) is 10.2 Å². The Balaban J connectivity index is 1.52. The maximum Gasteiger partial charge on any atom is 0.343 e. The molecule has 3 rings (SSSR count). The molecule has 0 saturated carbocycles. The maximum absolute atomic E-state index is 12.4. The van der Waals surface area contributed by atoms with Gasteiger partial charge >= 0.3 is 5.97 Å². The average molecular weight is 477 g/mol. The van der Waals surface area contributed by atoms with Crippen molar-refractivity contribution in [2.24, 2.45) is 5.10 Å². The van der Waals surface area contributed by atoms with Gasteiger partial charge in [0, 0.05) is 5.56 Å². The van der Waals surface area contributed by atoms with Crippen LogP contribution >= 0.6 is 0 Å². The molecule has 0 heterocycles. The van der Waals surface area contributed by atoms with Crippen LogP contribution in [0, 0.1) is 0 Å². The molecule has 0 spiro atoms. The largest absolute Gasteiger partial charge is 0.494 e. The summed E-state index contributed by atoms with van der Waals surface area (Å²) >= 11 is 0. The number of nitrogens with zero attached hydrogens (tertiary/aromatic N) is 1. The van der Waals surface area contributed by atoms with E-state index < -0.39 is 11.9 Å². The maximum atomic E-state index is 12.4. The third kappa shape index (κ3) is 7.33. The van der Waals surface area contributed by atoms with Gasteiger partial charge in [-0.2, -0.15) is 5.10 Å². The molecule has 0 aliphatic rings. The summed E-state index contributed by atoms with van der Waals surface area (Å²) in [5.74, 6) is 1.23. The lowest BCUT2D eigenvalue weighted by Gasteiger charge is -2.08. The van der Waals surface area contributed by atoms with Crippen LogP contribution in [0.5, 0.6) is 23.0 Å². The Morgan fingerprint density at radius 1 is 0.857 bits per heavy atom. The summed E-state index contributed by atoms with van der Waals surface area (Å²) < 4.78 is 21.4. The Morgan fingerprint density at radius 3 is 2.17 bits per heavy atom. The van der Waals surface area contributed by atoms with E-state index in [1.54, 1.807) is 66.7 Å². The van der Waals surface area contributed by atoms with Gasteiger partial charge in [-0.05, 0) is 78.7 Å². The molecule has 3 aromatic rings. The van der Waals surface area contributed by atoms with Gasteiger partial charge in [-0.1, -0.05) is 13.3 Å². The van der Waals surface area contributed by atoms with E-state index in [1.165, 1.54) is 20.4 Å². The number of esters is 1. The molecule has 0 aliphatic heterocycles. The highest BCUT2D eigenvalue weighted by molar-refractivity contribution is 5.95. The molecule has 1 N–H and O–H groups in total. The fourth-order valence-corrected chi connectivity index (χ4v) is 3.02. The molecule has 0 saturated heterocycles. The zero-order valence-corrected chi connectivity index (χ0v) is 19.9. The Labute approximate surface area is 204 Å². The van der Waals surface area contributed by atoms with Crippen LogP contribution < -0.4 is 24.4 Å².